The van der Waals surface area contributed by atoms with Gasteiger partial charge in [-0.15, -0.1) is 0 Å². The van der Waals surface area contributed by atoms with Crippen molar-refractivity contribution >= 4 is 6.03 Å². The first-order valence-corrected chi connectivity index (χ1v) is 7.23. The Bertz CT molecular complexity index is 670. The molecular formula is C15H18N4O3. The average Bonchev–Trinajstić information content (AvgIpc) is 3.03. The SMILES string of the molecule is Cc1noc(CCNC(=O)N[C@@H]2c3ccccc3C[C@@H]2O)n1. The Labute approximate surface area is 127 Å². The zero-order valence-electron chi connectivity index (χ0n) is 12.2. The van der Waals surface area contributed by atoms with Crippen molar-refractivity contribution in [1.82, 2.24) is 20.8 Å². The highest BCUT2D eigenvalue weighted by Gasteiger charge is 2.31. The predicted molar refractivity (Wildman–Crippen MR) is 78.2 cm³/mol. The summed E-state index contributed by atoms with van der Waals surface area (Å²) in [6, 6.07) is 7.04. The topological polar surface area (TPSA) is 100 Å². The van der Waals surface area contributed by atoms with Gasteiger partial charge >= 0.3 is 6.03 Å². The Morgan fingerprint density at radius 3 is 3.05 bits per heavy atom. The molecule has 1 heterocycles. The number of aromatic nitrogens is 2. The van der Waals surface area contributed by atoms with Crippen molar-refractivity contribution in [2.24, 2.45) is 0 Å². The van der Waals surface area contributed by atoms with Crippen molar-refractivity contribution < 1.29 is 14.4 Å². The monoisotopic (exact) mass is 302 g/mol. The molecule has 0 aliphatic heterocycles. The molecule has 2 atom stereocenters. The number of carbonyl (C=O) groups is 1. The maximum atomic E-state index is 11.9. The lowest BCUT2D eigenvalue weighted by atomic mass is 10.1. The van der Waals surface area contributed by atoms with E-state index < -0.39 is 6.10 Å². The molecule has 1 aromatic carbocycles. The molecule has 1 aliphatic carbocycles. The number of aryl methyl sites for hydroxylation is 1. The van der Waals surface area contributed by atoms with Gasteiger partial charge in [0, 0.05) is 19.4 Å². The number of carbonyl (C=O) groups excluding carboxylic acids is 1. The number of hydrogen-bond donors (Lipinski definition) is 3. The van der Waals surface area contributed by atoms with Crippen LogP contribution in [0.2, 0.25) is 0 Å². The summed E-state index contributed by atoms with van der Waals surface area (Å²) in [6.45, 7) is 2.13. The third kappa shape index (κ3) is 3.09. The zero-order chi connectivity index (χ0) is 15.5. The number of urea groups is 1. The van der Waals surface area contributed by atoms with Gasteiger partial charge in [-0.2, -0.15) is 4.98 Å². The minimum Gasteiger partial charge on any atom is -0.390 e. The number of aliphatic hydroxyl groups is 1. The lowest BCUT2D eigenvalue weighted by molar-refractivity contribution is 0.142. The van der Waals surface area contributed by atoms with Crippen LogP contribution in [0.1, 0.15) is 28.9 Å². The van der Waals surface area contributed by atoms with Gasteiger partial charge in [-0.05, 0) is 18.1 Å². The van der Waals surface area contributed by atoms with Crippen LogP contribution in [0, 0.1) is 6.92 Å². The summed E-state index contributed by atoms with van der Waals surface area (Å²) < 4.78 is 4.97. The minimum absolute atomic E-state index is 0.322. The fourth-order valence-corrected chi connectivity index (χ4v) is 2.66. The van der Waals surface area contributed by atoms with Crippen molar-refractivity contribution in [3.05, 3.63) is 47.1 Å². The third-order valence-corrected chi connectivity index (χ3v) is 3.68. The van der Waals surface area contributed by atoms with Crippen molar-refractivity contribution in [3.63, 3.8) is 0 Å². The number of rotatable bonds is 4. The summed E-state index contributed by atoms with van der Waals surface area (Å²) in [6.07, 6.45) is 0.433. The molecular weight excluding hydrogens is 284 g/mol. The molecule has 0 saturated heterocycles. The largest absolute Gasteiger partial charge is 0.390 e. The number of amides is 2. The van der Waals surface area contributed by atoms with E-state index in [-0.39, 0.29) is 12.1 Å². The van der Waals surface area contributed by atoms with E-state index in [0.717, 1.165) is 11.1 Å². The number of aliphatic hydroxyl groups excluding tert-OH is 1. The second-order valence-corrected chi connectivity index (χ2v) is 5.33. The lowest BCUT2D eigenvalue weighted by Gasteiger charge is -2.18. The fourth-order valence-electron chi connectivity index (χ4n) is 2.66. The zero-order valence-corrected chi connectivity index (χ0v) is 12.2. The van der Waals surface area contributed by atoms with E-state index in [4.69, 9.17) is 4.52 Å². The average molecular weight is 302 g/mol. The highest BCUT2D eigenvalue weighted by molar-refractivity contribution is 5.74. The smallest absolute Gasteiger partial charge is 0.315 e. The van der Waals surface area contributed by atoms with Crippen LogP contribution in [0.5, 0.6) is 0 Å². The van der Waals surface area contributed by atoms with E-state index in [2.05, 4.69) is 20.8 Å². The Morgan fingerprint density at radius 2 is 2.27 bits per heavy atom. The van der Waals surface area contributed by atoms with E-state index in [1.54, 1.807) is 6.92 Å². The quantitative estimate of drug-likeness (QED) is 0.778. The highest BCUT2D eigenvalue weighted by Crippen LogP contribution is 2.30. The van der Waals surface area contributed by atoms with Gasteiger partial charge in [-0.1, -0.05) is 29.4 Å². The molecule has 22 heavy (non-hydrogen) atoms. The minimum atomic E-state index is -0.596. The van der Waals surface area contributed by atoms with E-state index in [1.165, 1.54) is 0 Å². The van der Waals surface area contributed by atoms with Crippen LogP contribution >= 0.6 is 0 Å². The third-order valence-electron chi connectivity index (χ3n) is 3.68. The number of fused-ring (bicyclic) bond motifs is 1. The molecule has 7 nitrogen and oxygen atoms in total. The standard InChI is InChI=1S/C15H18N4O3/c1-9-17-13(22-19-9)6-7-16-15(21)18-14-11-5-3-2-4-10(11)8-12(14)20/h2-5,12,14,20H,6-8H2,1H3,(H2,16,18,21)/t12-,14+/m0/s1. The summed E-state index contributed by atoms with van der Waals surface area (Å²) >= 11 is 0. The Kier molecular flexibility index (Phi) is 4.06. The van der Waals surface area contributed by atoms with E-state index in [0.29, 0.717) is 31.1 Å². The summed E-state index contributed by atoms with van der Waals surface area (Å²) in [5.41, 5.74) is 2.04. The van der Waals surface area contributed by atoms with Gasteiger partial charge in [-0.25, -0.2) is 4.79 Å². The Balaban J connectivity index is 1.51. The number of hydrogen-bond acceptors (Lipinski definition) is 5. The first-order chi connectivity index (χ1) is 10.6. The molecule has 0 bridgehead atoms. The summed E-state index contributed by atoms with van der Waals surface area (Å²) in [4.78, 5) is 16.0. The molecule has 2 amide bonds. The Morgan fingerprint density at radius 1 is 1.45 bits per heavy atom. The van der Waals surface area contributed by atoms with E-state index >= 15 is 0 Å². The molecule has 2 aromatic rings. The second kappa shape index (κ2) is 6.15. The molecule has 1 aromatic heterocycles. The molecule has 7 heteroatoms. The molecule has 3 N–H and O–H groups in total. The van der Waals surface area contributed by atoms with Crippen LogP contribution in [-0.2, 0) is 12.8 Å². The summed E-state index contributed by atoms with van der Waals surface area (Å²) in [5.74, 6) is 1.06. The van der Waals surface area contributed by atoms with Crippen LogP contribution in [0.3, 0.4) is 0 Å². The molecule has 0 fully saturated rings. The van der Waals surface area contributed by atoms with Crippen LogP contribution in [0.15, 0.2) is 28.8 Å². The molecule has 0 unspecified atom stereocenters. The lowest BCUT2D eigenvalue weighted by Crippen LogP contribution is -2.41. The first kappa shape index (κ1) is 14.5. The fraction of sp³-hybridized carbons (Fsp3) is 0.400. The second-order valence-electron chi connectivity index (χ2n) is 5.33. The van der Waals surface area contributed by atoms with Crippen LogP contribution in [-0.4, -0.2) is 33.9 Å². The molecule has 3 rings (SSSR count). The molecule has 1 aliphatic rings. The van der Waals surface area contributed by atoms with Gasteiger partial charge in [0.2, 0.25) is 5.89 Å². The van der Waals surface area contributed by atoms with Gasteiger partial charge < -0.3 is 20.3 Å². The van der Waals surface area contributed by atoms with Crippen LogP contribution in [0.25, 0.3) is 0 Å². The van der Waals surface area contributed by atoms with Crippen molar-refractivity contribution in [2.75, 3.05) is 6.54 Å². The maximum absolute atomic E-state index is 11.9. The van der Waals surface area contributed by atoms with Gasteiger partial charge in [0.1, 0.15) is 0 Å². The molecule has 0 saturated carbocycles. The van der Waals surface area contributed by atoms with E-state index in [9.17, 15) is 9.90 Å². The maximum Gasteiger partial charge on any atom is 0.315 e. The van der Waals surface area contributed by atoms with E-state index in [1.807, 2.05) is 24.3 Å². The molecule has 116 valence electrons. The Hall–Kier alpha value is -2.41. The number of nitrogens with one attached hydrogen (secondary N) is 2. The number of nitrogens with zero attached hydrogens (tertiary/aromatic N) is 2. The first-order valence-electron chi connectivity index (χ1n) is 7.23. The van der Waals surface area contributed by atoms with Crippen LogP contribution < -0.4 is 10.6 Å². The molecule has 0 spiro atoms. The molecule has 0 radical (unpaired) electrons. The van der Waals surface area contributed by atoms with Gasteiger partial charge in [0.25, 0.3) is 0 Å². The number of benzene rings is 1. The van der Waals surface area contributed by atoms with Gasteiger partial charge in [0.05, 0.1) is 12.1 Å². The van der Waals surface area contributed by atoms with Crippen LogP contribution in [0.4, 0.5) is 4.79 Å². The van der Waals surface area contributed by atoms with Crippen molar-refractivity contribution in [2.45, 2.75) is 31.9 Å². The van der Waals surface area contributed by atoms with Gasteiger partial charge in [0.15, 0.2) is 5.82 Å². The summed E-state index contributed by atoms with van der Waals surface area (Å²) in [5, 5.41) is 19.3. The van der Waals surface area contributed by atoms with Crippen molar-refractivity contribution in [1.29, 1.82) is 0 Å². The highest BCUT2D eigenvalue weighted by atomic mass is 16.5. The van der Waals surface area contributed by atoms with Gasteiger partial charge in [-0.3, -0.25) is 0 Å². The predicted octanol–water partition coefficient (Wildman–Crippen LogP) is 0.878. The summed E-state index contributed by atoms with van der Waals surface area (Å²) in [7, 11) is 0. The van der Waals surface area contributed by atoms with Crippen molar-refractivity contribution in [3.8, 4) is 0 Å². The normalized spacial score (nSPS) is 19.7.